The molecule has 1 aliphatic rings. The minimum absolute atomic E-state index is 0.381. The van der Waals surface area contributed by atoms with Crippen molar-refractivity contribution in [3.63, 3.8) is 0 Å². The summed E-state index contributed by atoms with van der Waals surface area (Å²) in [6, 6.07) is 0. The Morgan fingerprint density at radius 1 is 1.00 bits per heavy atom. The molecule has 1 aliphatic heterocycles. The van der Waals surface area contributed by atoms with Crippen LogP contribution in [0.25, 0.3) is 0 Å². The van der Waals surface area contributed by atoms with Crippen molar-refractivity contribution in [3.05, 3.63) is 0 Å². The standard InChI is InChI=1S/C10H16BO4/c12-9(13)7-4-2-1-3-5-11-6-8(7)10(14)15/h7-8H,1-6H2,(H,12,13)(H,14,15). The van der Waals surface area contributed by atoms with Crippen LogP contribution in [0.3, 0.4) is 0 Å². The predicted molar refractivity (Wildman–Crippen MR) is 56.1 cm³/mol. The average Bonchev–Trinajstić information content (AvgIpc) is 2.27. The Balaban J connectivity index is 2.72. The van der Waals surface area contributed by atoms with Crippen LogP contribution in [0.5, 0.6) is 0 Å². The molecule has 15 heavy (non-hydrogen) atoms. The molecule has 2 unspecified atom stereocenters. The largest absolute Gasteiger partial charge is 0.481 e. The molecular weight excluding hydrogens is 195 g/mol. The summed E-state index contributed by atoms with van der Waals surface area (Å²) < 4.78 is 0. The van der Waals surface area contributed by atoms with Crippen molar-refractivity contribution in [3.8, 4) is 0 Å². The van der Waals surface area contributed by atoms with Crippen LogP contribution in [0, 0.1) is 11.8 Å². The summed E-state index contributed by atoms with van der Waals surface area (Å²) in [4.78, 5) is 21.9. The topological polar surface area (TPSA) is 74.6 Å². The van der Waals surface area contributed by atoms with Crippen molar-refractivity contribution in [1.29, 1.82) is 0 Å². The monoisotopic (exact) mass is 211 g/mol. The Kier molecular flexibility index (Phi) is 4.65. The van der Waals surface area contributed by atoms with E-state index in [0.29, 0.717) is 12.7 Å². The first kappa shape index (κ1) is 12.1. The zero-order valence-electron chi connectivity index (χ0n) is 8.69. The van der Waals surface area contributed by atoms with Gasteiger partial charge in [0.05, 0.1) is 11.8 Å². The minimum atomic E-state index is -0.986. The highest BCUT2D eigenvalue weighted by Gasteiger charge is 2.33. The maximum atomic E-state index is 11.0. The number of rotatable bonds is 2. The number of aliphatic carboxylic acids is 2. The molecule has 0 aromatic carbocycles. The van der Waals surface area contributed by atoms with Gasteiger partial charge in [0.1, 0.15) is 7.28 Å². The molecule has 0 saturated carbocycles. The second-order valence-corrected chi connectivity index (χ2v) is 4.05. The maximum absolute atomic E-state index is 11.0. The van der Waals surface area contributed by atoms with Crippen LogP contribution in [0.15, 0.2) is 0 Å². The van der Waals surface area contributed by atoms with E-state index in [9.17, 15) is 9.59 Å². The van der Waals surface area contributed by atoms with Crippen LogP contribution < -0.4 is 0 Å². The molecule has 4 nitrogen and oxygen atoms in total. The van der Waals surface area contributed by atoms with E-state index in [1.165, 1.54) is 0 Å². The van der Waals surface area contributed by atoms with Crippen LogP contribution >= 0.6 is 0 Å². The number of carboxylic acids is 2. The molecule has 0 bridgehead atoms. The lowest BCUT2D eigenvalue weighted by atomic mass is 9.64. The number of hydrogen-bond acceptors (Lipinski definition) is 2. The van der Waals surface area contributed by atoms with E-state index < -0.39 is 23.8 Å². The Morgan fingerprint density at radius 3 is 2.27 bits per heavy atom. The van der Waals surface area contributed by atoms with Crippen molar-refractivity contribution in [1.82, 2.24) is 0 Å². The summed E-state index contributed by atoms with van der Waals surface area (Å²) in [5, 5.41) is 18.0. The van der Waals surface area contributed by atoms with E-state index in [1.807, 2.05) is 7.28 Å². The molecule has 2 atom stereocenters. The summed E-state index contributed by atoms with van der Waals surface area (Å²) in [7, 11) is 1.92. The van der Waals surface area contributed by atoms with E-state index in [0.717, 1.165) is 25.6 Å². The summed E-state index contributed by atoms with van der Waals surface area (Å²) in [5.41, 5.74) is 0. The summed E-state index contributed by atoms with van der Waals surface area (Å²) in [6.45, 7) is 0. The molecule has 1 radical (unpaired) electrons. The molecule has 1 heterocycles. The van der Waals surface area contributed by atoms with Gasteiger partial charge in [-0.1, -0.05) is 31.9 Å². The third-order valence-electron chi connectivity index (χ3n) is 2.96. The Morgan fingerprint density at radius 2 is 1.67 bits per heavy atom. The normalized spacial score (nSPS) is 28.0. The van der Waals surface area contributed by atoms with Gasteiger partial charge in [-0.3, -0.25) is 9.59 Å². The molecule has 1 fully saturated rings. The fourth-order valence-corrected chi connectivity index (χ4v) is 2.06. The van der Waals surface area contributed by atoms with E-state index in [2.05, 4.69) is 0 Å². The first-order valence-corrected chi connectivity index (χ1v) is 5.40. The predicted octanol–water partition coefficient (Wildman–Crippen LogP) is 1.50. The molecule has 0 aliphatic carbocycles. The number of hydrogen-bond donors (Lipinski definition) is 2. The molecule has 5 heteroatoms. The SMILES string of the molecule is O=C(O)C1C[B]CCCCCC1C(=O)O. The van der Waals surface area contributed by atoms with Crippen molar-refractivity contribution in [2.75, 3.05) is 0 Å². The highest BCUT2D eigenvalue weighted by Crippen LogP contribution is 2.26. The van der Waals surface area contributed by atoms with Gasteiger partial charge in [0.2, 0.25) is 0 Å². The van der Waals surface area contributed by atoms with E-state index in [1.54, 1.807) is 0 Å². The van der Waals surface area contributed by atoms with Gasteiger partial charge in [0.15, 0.2) is 0 Å². The molecular formula is C10H16BO4. The van der Waals surface area contributed by atoms with Crippen molar-refractivity contribution in [2.24, 2.45) is 11.8 Å². The van der Waals surface area contributed by atoms with Gasteiger partial charge in [-0.05, 0) is 6.42 Å². The molecule has 1 rings (SSSR count). The first-order chi connectivity index (χ1) is 7.13. The highest BCUT2D eigenvalue weighted by atomic mass is 16.4. The molecule has 2 N–H and O–H groups in total. The van der Waals surface area contributed by atoms with Gasteiger partial charge in [-0.2, -0.15) is 0 Å². The van der Waals surface area contributed by atoms with Gasteiger partial charge < -0.3 is 10.2 Å². The van der Waals surface area contributed by atoms with Crippen LogP contribution in [-0.4, -0.2) is 29.4 Å². The average molecular weight is 211 g/mol. The molecule has 0 spiro atoms. The molecule has 83 valence electrons. The lowest BCUT2D eigenvalue weighted by Gasteiger charge is -2.18. The molecule has 1 saturated heterocycles. The smallest absolute Gasteiger partial charge is 0.307 e. The van der Waals surface area contributed by atoms with Gasteiger partial charge in [0.25, 0.3) is 0 Å². The second-order valence-electron chi connectivity index (χ2n) is 4.05. The summed E-state index contributed by atoms with van der Waals surface area (Å²) in [6.07, 6.45) is 4.61. The minimum Gasteiger partial charge on any atom is -0.481 e. The highest BCUT2D eigenvalue weighted by molar-refractivity contribution is 6.36. The number of carbonyl (C=O) groups is 2. The van der Waals surface area contributed by atoms with E-state index in [4.69, 9.17) is 10.2 Å². The third-order valence-corrected chi connectivity index (χ3v) is 2.96. The van der Waals surface area contributed by atoms with Crippen molar-refractivity contribution < 1.29 is 19.8 Å². The van der Waals surface area contributed by atoms with Crippen LogP contribution in [0.1, 0.15) is 25.7 Å². The maximum Gasteiger partial charge on any atom is 0.307 e. The molecule has 0 amide bonds. The molecule has 0 aromatic heterocycles. The zero-order chi connectivity index (χ0) is 11.3. The van der Waals surface area contributed by atoms with Gasteiger partial charge in [-0.15, -0.1) is 0 Å². The van der Waals surface area contributed by atoms with Crippen molar-refractivity contribution >= 4 is 19.2 Å². The second kappa shape index (κ2) is 5.78. The Labute approximate surface area is 89.9 Å². The number of carboxylic acid groups (broad SMARTS) is 2. The van der Waals surface area contributed by atoms with Gasteiger partial charge >= 0.3 is 11.9 Å². The summed E-state index contributed by atoms with van der Waals surface area (Å²) in [5.74, 6) is -3.43. The van der Waals surface area contributed by atoms with E-state index >= 15 is 0 Å². The fraction of sp³-hybridized carbons (Fsp3) is 0.800. The Hall–Kier alpha value is -0.995. The first-order valence-electron chi connectivity index (χ1n) is 5.40. The third kappa shape index (κ3) is 3.57. The lowest BCUT2D eigenvalue weighted by molar-refractivity contribution is -0.153. The quantitative estimate of drug-likeness (QED) is 0.678. The Bertz CT molecular complexity index is 218. The van der Waals surface area contributed by atoms with Gasteiger partial charge in [-0.25, -0.2) is 0 Å². The lowest BCUT2D eigenvalue weighted by Crippen LogP contribution is -2.30. The fourth-order valence-electron chi connectivity index (χ4n) is 2.06. The van der Waals surface area contributed by atoms with Crippen molar-refractivity contribution in [2.45, 2.75) is 38.3 Å². The summed E-state index contributed by atoms with van der Waals surface area (Å²) >= 11 is 0. The van der Waals surface area contributed by atoms with Crippen LogP contribution in [-0.2, 0) is 9.59 Å². The van der Waals surface area contributed by atoms with Gasteiger partial charge in [0, 0.05) is 0 Å². The van der Waals surface area contributed by atoms with E-state index in [-0.39, 0.29) is 0 Å². The van der Waals surface area contributed by atoms with Crippen LogP contribution in [0.2, 0.25) is 12.6 Å². The molecule has 0 aromatic rings. The zero-order valence-corrected chi connectivity index (χ0v) is 8.69. The van der Waals surface area contributed by atoms with Crippen LogP contribution in [0.4, 0.5) is 0 Å².